The number of halogens is 1. The van der Waals surface area contributed by atoms with Gasteiger partial charge in [-0.3, -0.25) is 9.59 Å². The number of amides is 2. The molecule has 0 aliphatic carbocycles. The highest BCUT2D eigenvalue weighted by Gasteiger charge is 2.28. The summed E-state index contributed by atoms with van der Waals surface area (Å²) >= 11 is 5.84. The molecule has 1 unspecified atom stereocenters. The number of benzene rings is 1. The summed E-state index contributed by atoms with van der Waals surface area (Å²) < 4.78 is 0. The van der Waals surface area contributed by atoms with Crippen molar-refractivity contribution in [1.29, 1.82) is 0 Å². The van der Waals surface area contributed by atoms with Crippen LogP contribution in [0.4, 0.5) is 0 Å². The number of hydrogen-bond acceptors (Lipinski definition) is 2. The van der Waals surface area contributed by atoms with E-state index in [-0.39, 0.29) is 24.3 Å². The van der Waals surface area contributed by atoms with Gasteiger partial charge in [0, 0.05) is 30.5 Å². The summed E-state index contributed by atoms with van der Waals surface area (Å²) in [5.74, 6) is -0.265. The molecule has 1 aromatic rings. The standard InChI is InChI=1S/C14H17ClN2O2/c15-11-5-3-10(4-6-11)8-12(9-13(16)18)17-7-1-2-14(17)19/h3-6,12H,1-2,7-9H2,(H2,16,18). The fourth-order valence-corrected chi connectivity index (χ4v) is 2.60. The van der Waals surface area contributed by atoms with Crippen LogP contribution in [0.15, 0.2) is 24.3 Å². The molecule has 0 aromatic heterocycles. The molecule has 1 heterocycles. The van der Waals surface area contributed by atoms with Gasteiger partial charge in [0.05, 0.1) is 0 Å². The molecule has 0 spiro atoms. The van der Waals surface area contributed by atoms with Crippen molar-refractivity contribution in [2.24, 2.45) is 5.73 Å². The molecule has 2 amide bonds. The molecule has 2 rings (SSSR count). The highest BCUT2D eigenvalue weighted by molar-refractivity contribution is 6.30. The number of nitrogens with zero attached hydrogens (tertiary/aromatic N) is 1. The quantitative estimate of drug-likeness (QED) is 0.893. The van der Waals surface area contributed by atoms with Gasteiger partial charge < -0.3 is 10.6 Å². The zero-order valence-corrected chi connectivity index (χ0v) is 11.4. The Hall–Kier alpha value is -1.55. The largest absolute Gasteiger partial charge is 0.370 e. The highest BCUT2D eigenvalue weighted by Crippen LogP contribution is 2.20. The minimum absolute atomic E-state index is 0.111. The molecule has 4 nitrogen and oxygen atoms in total. The van der Waals surface area contributed by atoms with Crippen LogP contribution in [0.2, 0.25) is 5.02 Å². The number of carbonyl (C=O) groups excluding carboxylic acids is 2. The lowest BCUT2D eigenvalue weighted by atomic mass is 10.0. The zero-order valence-electron chi connectivity index (χ0n) is 10.6. The molecule has 0 bridgehead atoms. The summed E-state index contributed by atoms with van der Waals surface area (Å²) in [6.45, 7) is 0.713. The lowest BCUT2D eigenvalue weighted by molar-refractivity contribution is -0.130. The average molecular weight is 281 g/mol. The summed E-state index contributed by atoms with van der Waals surface area (Å²) in [6.07, 6.45) is 2.25. The van der Waals surface area contributed by atoms with Crippen molar-refractivity contribution in [3.05, 3.63) is 34.9 Å². The van der Waals surface area contributed by atoms with Gasteiger partial charge in [-0.1, -0.05) is 23.7 Å². The Balaban J connectivity index is 2.11. The van der Waals surface area contributed by atoms with Crippen molar-refractivity contribution in [2.75, 3.05) is 6.54 Å². The van der Waals surface area contributed by atoms with E-state index in [2.05, 4.69) is 0 Å². The van der Waals surface area contributed by atoms with Crippen LogP contribution in [0.5, 0.6) is 0 Å². The van der Waals surface area contributed by atoms with Crippen LogP contribution in [-0.2, 0) is 16.0 Å². The lowest BCUT2D eigenvalue weighted by Crippen LogP contribution is -2.40. The van der Waals surface area contributed by atoms with E-state index < -0.39 is 0 Å². The number of likely N-dealkylation sites (tertiary alicyclic amines) is 1. The van der Waals surface area contributed by atoms with Gasteiger partial charge >= 0.3 is 0 Å². The van der Waals surface area contributed by atoms with E-state index in [9.17, 15) is 9.59 Å². The third-order valence-electron chi connectivity index (χ3n) is 3.37. The van der Waals surface area contributed by atoms with E-state index in [1.807, 2.05) is 24.3 Å². The Morgan fingerprint density at radius 2 is 2.05 bits per heavy atom. The first-order chi connectivity index (χ1) is 9.06. The maximum atomic E-state index is 11.8. The van der Waals surface area contributed by atoms with Crippen LogP contribution in [0.25, 0.3) is 0 Å². The Morgan fingerprint density at radius 1 is 1.37 bits per heavy atom. The zero-order chi connectivity index (χ0) is 13.8. The van der Waals surface area contributed by atoms with E-state index >= 15 is 0 Å². The van der Waals surface area contributed by atoms with Gasteiger partial charge in [0.25, 0.3) is 0 Å². The molecular formula is C14H17ClN2O2. The van der Waals surface area contributed by atoms with Gasteiger partial charge in [0.15, 0.2) is 0 Å². The van der Waals surface area contributed by atoms with Crippen LogP contribution in [-0.4, -0.2) is 29.3 Å². The van der Waals surface area contributed by atoms with Gasteiger partial charge in [0.1, 0.15) is 0 Å². The van der Waals surface area contributed by atoms with Gasteiger partial charge in [-0.2, -0.15) is 0 Å². The lowest BCUT2D eigenvalue weighted by Gasteiger charge is -2.27. The fraction of sp³-hybridized carbons (Fsp3) is 0.429. The fourth-order valence-electron chi connectivity index (χ4n) is 2.47. The second-order valence-electron chi connectivity index (χ2n) is 4.85. The van der Waals surface area contributed by atoms with Crippen LogP contribution in [0.1, 0.15) is 24.8 Å². The van der Waals surface area contributed by atoms with Crippen LogP contribution in [0.3, 0.4) is 0 Å². The molecule has 1 aliphatic heterocycles. The SMILES string of the molecule is NC(=O)CC(Cc1ccc(Cl)cc1)N1CCCC1=O. The molecule has 1 saturated heterocycles. The van der Waals surface area contributed by atoms with E-state index in [0.29, 0.717) is 24.4 Å². The Kier molecular flexibility index (Phi) is 4.43. The first-order valence-corrected chi connectivity index (χ1v) is 6.76. The smallest absolute Gasteiger partial charge is 0.222 e. The summed E-state index contributed by atoms with van der Waals surface area (Å²) in [6, 6.07) is 7.30. The van der Waals surface area contributed by atoms with Crippen LogP contribution < -0.4 is 5.73 Å². The van der Waals surface area contributed by atoms with Crippen molar-refractivity contribution in [3.63, 3.8) is 0 Å². The minimum atomic E-state index is -0.376. The summed E-state index contributed by atoms with van der Waals surface area (Å²) in [4.78, 5) is 24.8. The molecule has 102 valence electrons. The molecule has 1 aliphatic rings. The second kappa shape index (κ2) is 6.06. The van der Waals surface area contributed by atoms with Crippen molar-refractivity contribution in [1.82, 2.24) is 4.90 Å². The topological polar surface area (TPSA) is 63.4 Å². The molecule has 19 heavy (non-hydrogen) atoms. The Labute approximate surface area is 117 Å². The molecule has 0 saturated carbocycles. The van der Waals surface area contributed by atoms with Gasteiger partial charge in [-0.25, -0.2) is 0 Å². The maximum Gasteiger partial charge on any atom is 0.222 e. The number of primary amides is 1. The third-order valence-corrected chi connectivity index (χ3v) is 3.62. The Morgan fingerprint density at radius 3 is 2.58 bits per heavy atom. The predicted octanol–water partition coefficient (Wildman–Crippen LogP) is 1.75. The van der Waals surface area contributed by atoms with E-state index in [1.54, 1.807) is 4.90 Å². The number of rotatable bonds is 5. The van der Waals surface area contributed by atoms with Gasteiger partial charge in [-0.05, 0) is 30.5 Å². The van der Waals surface area contributed by atoms with E-state index in [0.717, 1.165) is 12.0 Å². The second-order valence-corrected chi connectivity index (χ2v) is 5.28. The molecule has 1 aromatic carbocycles. The van der Waals surface area contributed by atoms with Crippen LogP contribution >= 0.6 is 11.6 Å². The summed E-state index contributed by atoms with van der Waals surface area (Å²) in [7, 11) is 0. The van der Waals surface area contributed by atoms with Crippen molar-refractivity contribution in [2.45, 2.75) is 31.7 Å². The predicted molar refractivity (Wildman–Crippen MR) is 73.7 cm³/mol. The summed E-state index contributed by atoms with van der Waals surface area (Å²) in [5.41, 5.74) is 6.34. The van der Waals surface area contributed by atoms with Gasteiger partial charge in [-0.15, -0.1) is 0 Å². The molecule has 1 fully saturated rings. The molecule has 0 radical (unpaired) electrons. The first-order valence-electron chi connectivity index (χ1n) is 6.38. The summed E-state index contributed by atoms with van der Waals surface area (Å²) in [5, 5.41) is 0.674. The van der Waals surface area contributed by atoms with Gasteiger partial charge in [0.2, 0.25) is 11.8 Å². The first kappa shape index (κ1) is 13.9. The Bertz CT molecular complexity index is 473. The maximum absolute atomic E-state index is 11.8. The van der Waals surface area contributed by atoms with Crippen LogP contribution in [0, 0.1) is 0 Å². The number of carbonyl (C=O) groups is 2. The highest BCUT2D eigenvalue weighted by atomic mass is 35.5. The van der Waals surface area contributed by atoms with Crippen molar-refractivity contribution < 1.29 is 9.59 Å². The molecule has 5 heteroatoms. The van der Waals surface area contributed by atoms with E-state index in [4.69, 9.17) is 17.3 Å². The van der Waals surface area contributed by atoms with E-state index in [1.165, 1.54) is 0 Å². The van der Waals surface area contributed by atoms with Crippen molar-refractivity contribution >= 4 is 23.4 Å². The number of nitrogens with two attached hydrogens (primary N) is 1. The molecular weight excluding hydrogens is 264 g/mol. The third kappa shape index (κ3) is 3.70. The molecule has 2 N–H and O–H groups in total. The molecule has 1 atom stereocenters. The monoisotopic (exact) mass is 280 g/mol. The number of hydrogen-bond donors (Lipinski definition) is 1. The minimum Gasteiger partial charge on any atom is -0.370 e. The van der Waals surface area contributed by atoms with Crippen molar-refractivity contribution in [3.8, 4) is 0 Å². The average Bonchev–Trinajstić information content (AvgIpc) is 2.77. The normalized spacial score (nSPS) is 16.7.